The molecule has 0 unspecified atom stereocenters. The van der Waals surface area contributed by atoms with Crippen LogP contribution < -0.4 is 10.1 Å². The number of benzene rings is 1. The summed E-state index contributed by atoms with van der Waals surface area (Å²) >= 11 is 1.56. The molecule has 0 spiro atoms. The highest BCUT2D eigenvalue weighted by molar-refractivity contribution is 7.09. The van der Waals surface area contributed by atoms with E-state index in [1.165, 1.54) is 4.90 Å². The van der Waals surface area contributed by atoms with Crippen molar-refractivity contribution in [3.05, 3.63) is 39.8 Å². The number of carbonyl (C=O) groups excluding carboxylic acids is 2. The van der Waals surface area contributed by atoms with Crippen LogP contribution in [0.3, 0.4) is 0 Å². The fourth-order valence-corrected chi connectivity index (χ4v) is 5.83. The summed E-state index contributed by atoms with van der Waals surface area (Å²) < 4.78 is 5.16. The van der Waals surface area contributed by atoms with Gasteiger partial charge in [0.05, 0.1) is 18.3 Å². The van der Waals surface area contributed by atoms with E-state index in [1.807, 2.05) is 26.0 Å². The molecule has 2 aromatic rings. The van der Waals surface area contributed by atoms with Crippen molar-refractivity contribution < 1.29 is 19.4 Å². The van der Waals surface area contributed by atoms with Crippen molar-refractivity contribution in [3.8, 4) is 11.5 Å². The maximum atomic E-state index is 13.5. The minimum atomic E-state index is -0.825. The van der Waals surface area contributed by atoms with Crippen molar-refractivity contribution >= 4 is 23.3 Å². The number of aromatic nitrogens is 1. The molecule has 0 aliphatic carbocycles. The largest absolute Gasteiger partial charge is 0.507 e. The molecule has 2 saturated heterocycles. The zero-order chi connectivity index (χ0) is 23.6. The normalized spacial score (nSPS) is 22.1. The molecule has 3 heterocycles. The van der Waals surface area contributed by atoms with Gasteiger partial charge < -0.3 is 15.2 Å². The summed E-state index contributed by atoms with van der Waals surface area (Å²) in [5.74, 6) is 0.857. The third kappa shape index (κ3) is 4.56. The van der Waals surface area contributed by atoms with Gasteiger partial charge in [-0.25, -0.2) is 9.78 Å². The van der Waals surface area contributed by atoms with Crippen LogP contribution in [0.15, 0.2) is 23.7 Å². The van der Waals surface area contributed by atoms with E-state index in [4.69, 9.17) is 4.74 Å². The Labute approximate surface area is 198 Å². The predicted molar refractivity (Wildman–Crippen MR) is 126 cm³/mol. The molecule has 3 amide bonds. The van der Waals surface area contributed by atoms with Crippen LogP contribution in [0.2, 0.25) is 0 Å². The standard InChI is InChI=1S/C24H32N4O4S/c1-4-24(22(30)28(23(31)26-24)12-9-21-16(2)25-15-33-21)18-7-10-27(11-8-18)14-17-5-6-19(32-3)13-20(17)29/h5-6,13,15,18,29H,4,7-12,14H2,1-3H3,(H,26,31)/t24-/m0/s1. The monoisotopic (exact) mass is 472 g/mol. The van der Waals surface area contributed by atoms with Gasteiger partial charge in [-0.1, -0.05) is 13.0 Å². The lowest BCUT2D eigenvalue weighted by Gasteiger charge is -2.40. The number of carbonyl (C=O) groups is 2. The van der Waals surface area contributed by atoms with Crippen LogP contribution >= 0.6 is 11.3 Å². The quantitative estimate of drug-likeness (QED) is 0.573. The first-order chi connectivity index (χ1) is 15.9. The molecule has 2 fully saturated rings. The molecule has 4 rings (SSSR count). The molecule has 2 aliphatic heterocycles. The molecule has 2 aliphatic rings. The van der Waals surface area contributed by atoms with Crippen molar-refractivity contribution in [3.63, 3.8) is 0 Å². The summed E-state index contributed by atoms with van der Waals surface area (Å²) in [4.78, 5) is 35.3. The molecule has 0 bridgehead atoms. The molecule has 178 valence electrons. The highest BCUT2D eigenvalue weighted by Gasteiger charge is 2.54. The average molecular weight is 473 g/mol. The number of amides is 3. The number of methoxy groups -OCH3 is 1. The number of hydrogen-bond acceptors (Lipinski definition) is 7. The van der Waals surface area contributed by atoms with Gasteiger partial charge in [0, 0.05) is 36.0 Å². The van der Waals surface area contributed by atoms with E-state index in [0.29, 0.717) is 31.7 Å². The van der Waals surface area contributed by atoms with Crippen molar-refractivity contribution in [2.24, 2.45) is 5.92 Å². The van der Waals surface area contributed by atoms with E-state index in [9.17, 15) is 14.7 Å². The number of imide groups is 1. The van der Waals surface area contributed by atoms with E-state index in [0.717, 1.165) is 42.1 Å². The maximum Gasteiger partial charge on any atom is 0.325 e. The molecule has 0 saturated carbocycles. The summed E-state index contributed by atoms with van der Waals surface area (Å²) in [6, 6.07) is 5.08. The van der Waals surface area contributed by atoms with Gasteiger partial charge in [0.25, 0.3) is 5.91 Å². The number of hydrogen-bond donors (Lipinski definition) is 2. The Kier molecular flexibility index (Phi) is 6.90. The summed E-state index contributed by atoms with van der Waals surface area (Å²) in [5.41, 5.74) is 2.79. The number of likely N-dealkylation sites (tertiary alicyclic amines) is 1. The lowest BCUT2D eigenvalue weighted by Crippen LogP contribution is -2.55. The second-order valence-electron chi connectivity index (χ2n) is 8.87. The van der Waals surface area contributed by atoms with Gasteiger partial charge in [0.15, 0.2) is 0 Å². The SMILES string of the molecule is CC[C@@]1(C2CCN(Cc3ccc(OC)cc3O)CC2)NC(=O)N(CCc2scnc2C)C1=O. The third-order valence-electron chi connectivity index (χ3n) is 7.14. The minimum Gasteiger partial charge on any atom is -0.507 e. The zero-order valence-corrected chi connectivity index (χ0v) is 20.3. The number of phenols is 1. The number of rotatable bonds is 8. The fraction of sp³-hybridized carbons (Fsp3) is 0.542. The fourth-order valence-electron chi connectivity index (χ4n) is 5.06. The van der Waals surface area contributed by atoms with Gasteiger partial charge in [-0.15, -0.1) is 11.3 Å². The molecular weight excluding hydrogens is 440 g/mol. The van der Waals surface area contributed by atoms with E-state index < -0.39 is 5.54 Å². The van der Waals surface area contributed by atoms with Gasteiger partial charge in [-0.3, -0.25) is 14.6 Å². The number of thiazole rings is 1. The highest BCUT2D eigenvalue weighted by atomic mass is 32.1. The van der Waals surface area contributed by atoms with E-state index in [2.05, 4.69) is 15.2 Å². The first-order valence-corrected chi connectivity index (χ1v) is 12.4. The van der Waals surface area contributed by atoms with E-state index in [1.54, 1.807) is 30.0 Å². The Hall–Kier alpha value is -2.65. The molecule has 2 N–H and O–H groups in total. The van der Waals surface area contributed by atoms with E-state index >= 15 is 0 Å². The number of urea groups is 1. The third-order valence-corrected chi connectivity index (χ3v) is 8.13. The Morgan fingerprint density at radius 1 is 1.30 bits per heavy atom. The summed E-state index contributed by atoms with van der Waals surface area (Å²) in [6.07, 6.45) is 2.86. The Morgan fingerprint density at radius 2 is 2.06 bits per heavy atom. The average Bonchev–Trinajstić information content (AvgIpc) is 3.34. The number of aromatic hydroxyl groups is 1. The zero-order valence-electron chi connectivity index (χ0n) is 19.5. The molecule has 1 aromatic heterocycles. The lowest BCUT2D eigenvalue weighted by atomic mass is 9.75. The summed E-state index contributed by atoms with van der Waals surface area (Å²) in [6.45, 7) is 6.57. The van der Waals surface area contributed by atoms with Crippen LogP contribution in [0, 0.1) is 12.8 Å². The van der Waals surface area contributed by atoms with Crippen molar-refractivity contribution in [1.82, 2.24) is 20.1 Å². The molecule has 33 heavy (non-hydrogen) atoms. The number of ether oxygens (including phenoxy) is 1. The minimum absolute atomic E-state index is 0.0924. The Bertz CT molecular complexity index is 1020. The molecular formula is C24H32N4O4S. The van der Waals surface area contributed by atoms with Crippen molar-refractivity contribution in [1.29, 1.82) is 0 Å². The Morgan fingerprint density at radius 3 is 2.67 bits per heavy atom. The number of aryl methyl sites for hydroxylation is 1. The molecule has 1 aromatic carbocycles. The Balaban J connectivity index is 1.38. The van der Waals surface area contributed by atoms with Crippen LogP contribution in [-0.4, -0.2) is 64.1 Å². The van der Waals surface area contributed by atoms with Gasteiger partial charge >= 0.3 is 6.03 Å². The van der Waals surface area contributed by atoms with E-state index in [-0.39, 0.29) is 23.6 Å². The topological polar surface area (TPSA) is 95.0 Å². The number of piperidine rings is 1. The molecule has 8 nitrogen and oxygen atoms in total. The summed E-state index contributed by atoms with van der Waals surface area (Å²) in [5, 5.41) is 13.3. The predicted octanol–water partition coefficient (Wildman–Crippen LogP) is 3.32. The lowest BCUT2D eigenvalue weighted by molar-refractivity contribution is -0.134. The number of nitrogens with zero attached hydrogens (tertiary/aromatic N) is 3. The van der Waals surface area contributed by atoms with Gasteiger partial charge in [-0.2, -0.15) is 0 Å². The van der Waals surface area contributed by atoms with Crippen LogP contribution in [0.25, 0.3) is 0 Å². The van der Waals surface area contributed by atoms with Gasteiger partial charge in [0.1, 0.15) is 17.0 Å². The number of phenolic OH excluding ortho intramolecular Hbond substituents is 1. The van der Waals surface area contributed by atoms with Crippen molar-refractivity contribution in [2.75, 3.05) is 26.7 Å². The molecule has 9 heteroatoms. The number of nitrogens with one attached hydrogen (secondary N) is 1. The van der Waals surface area contributed by atoms with Crippen LogP contribution in [0.5, 0.6) is 11.5 Å². The molecule has 1 atom stereocenters. The van der Waals surface area contributed by atoms with Crippen LogP contribution in [-0.2, 0) is 17.8 Å². The van der Waals surface area contributed by atoms with Crippen molar-refractivity contribution in [2.45, 2.75) is 51.6 Å². The second kappa shape index (κ2) is 9.69. The van der Waals surface area contributed by atoms with Gasteiger partial charge in [0.2, 0.25) is 0 Å². The second-order valence-corrected chi connectivity index (χ2v) is 9.81. The smallest absolute Gasteiger partial charge is 0.325 e. The molecule has 0 radical (unpaired) electrons. The first kappa shape index (κ1) is 23.5. The van der Waals surface area contributed by atoms with Crippen LogP contribution in [0.1, 0.15) is 42.3 Å². The highest BCUT2D eigenvalue weighted by Crippen LogP contribution is 2.37. The maximum absolute atomic E-state index is 13.5. The summed E-state index contributed by atoms with van der Waals surface area (Å²) in [7, 11) is 1.58. The van der Waals surface area contributed by atoms with Gasteiger partial charge in [-0.05, 0) is 51.3 Å². The van der Waals surface area contributed by atoms with Crippen LogP contribution in [0.4, 0.5) is 4.79 Å². The first-order valence-electron chi connectivity index (χ1n) is 11.5.